The van der Waals surface area contributed by atoms with Crippen LogP contribution >= 0.6 is 0 Å². The Bertz CT molecular complexity index is 1220. The lowest BCUT2D eigenvalue weighted by molar-refractivity contribution is -0.128. The van der Waals surface area contributed by atoms with Crippen LogP contribution in [0.4, 0.5) is 14.5 Å². The maximum Gasteiger partial charge on any atom is 0.254 e. The van der Waals surface area contributed by atoms with Crippen LogP contribution in [0.25, 0.3) is 0 Å². The van der Waals surface area contributed by atoms with Crippen LogP contribution in [-0.4, -0.2) is 34.9 Å². The SMILES string of the molecule is Nc1cccc(C2C=NC(Cc3ccccc3F)C3=NC(Cc4ccco4)C(=O)N32)c1F. The Kier molecular flexibility index (Phi) is 5.05. The number of carbonyl (C=O) groups is 1. The quantitative estimate of drug-likeness (QED) is 0.621. The summed E-state index contributed by atoms with van der Waals surface area (Å²) in [4.78, 5) is 24.1. The van der Waals surface area contributed by atoms with Gasteiger partial charge >= 0.3 is 0 Å². The number of halogens is 2. The first-order valence-corrected chi connectivity index (χ1v) is 10.3. The smallest absolute Gasteiger partial charge is 0.254 e. The van der Waals surface area contributed by atoms with Crippen LogP contribution in [-0.2, 0) is 17.6 Å². The number of aliphatic imine (C=N–C) groups is 2. The number of furan rings is 1. The lowest BCUT2D eigenvalue weighted by Gasteiger charge is -2.33. The molecule has 3 unspecified atom stereocenters. The molecule has 5 rings (SSSR count). The van der Waals surface area contributed by atoms with Gasteiger partial charge in [-0.15, -0.1) is 0 Å². The van der Waals surface area contributed by atoms with E-state index < -0.39 is 23.9 Å². The Balaban J connectivity index is 1.54. The van der Waals surface area contributed by atoms with Gasteiger partial charge in [0.15, 0.2) is 5.82 Å². The third-order valence-electron chi connectivity index (χ3n) is 5.76. The summed E-state index contributed by atoms with van der Waals surface area (Å²) in [5.74, 6) is -0.226. The van der Waals surface area contributed by atoms with Crippen LogP contribution in [0.3, 0.4) is 0 Å². The number of amides is 1. The van der Waals surface area contributed by atoms with Gasteiger partial charge in [-0.2, -0.15) is 0 Å². The van der Waals surface area contributed by atoms with Gasteiger partial charge in [0.25, 0.3) is 5.91 Å². The Morgan fingerprint density at radius 1 is 1.00 bits per heavy atom. The molecular formula is C24H20F2N4O2. The Morgan fingerprint density at radius 2 is 1.84 bits per heavy atom. The minimum atomic E-state index is -0.789. The fourth-order valence-corrected chi connectivity index (χ4v) is 4.18. The number of hydrogen-bond donors (Lipinski definition) is 1. The molecule has 1 aromatic heterocycles. The minimum Gasteiger partial charge on any atom is -0.469 e. The number of nitrogens with two attached hydrogens (primary N) is 1. The molecule has 2 aliphatic rings. The number of fused-ring (bicyclic) bond motifs is 1. The summed E-state index contributed by atoms with van der Waals surface area (Å²) in [6, 6.07) is 12.5. The predicted octanol–water partition coefficient (Wildman–Crippen LogP) is 3.73. The van der Waals surface area contributed by atoms with Crippen molar-refractivity contribution < 1.29 is 18.0 Å². The number of rotatable bonds is 5. The van der Waals surface area contributed by atoms with Crippen molar-refractivity contribution in [1.82, 2.24) is 4.90 Å². The van der Waals surface area contributed by atoms with Gasteiger partial charge in [-0.25, -0.2) is 8.78 Å². The highest BCUT2D eigenvalue weighted by Gasteiger charge is 2.45. The molecule has 32 heavy (non-hydrogen) atoms. The first kappa shape index (κ1) is 20.1. The first-order valence-electron chi connectivity index (χ1n) is 10.3. The zero-order valence-corrected chi connectivity index (χ0v) is 17.0. The number of carbonyl (C=O) groups excluding carboxylic acids is 1. The molecule has 0 radical (unpaired) electrons. The second-order valence-electron chi connectivity index (χ2n) is 7.80. The molecule has 162 valence electrons. The topological polar surface area (TPSA) is 84.2 Å². The van der Waals surface area contributed by atoms with E-state index in [9.17, 15) is 13.6 Å². The molecule has 2 N–H and O–H groups in total. The Hall–Kier alpha value is -3.81. The van der Waals surface area contributed by atoms with Gasteiger partial charge in [0.1, 0.15) is 35.5 Å². The van der Waals surface area contributed by atoms with Crippen molar-refractivity contribution in [2.75, 3.05) is 5.73 Å². The van der Waals surface area contributed by atoms with E-state index >= 15 is 0 Å². The molecule has 0 saturated heterocycles. The average Bonchev–Trinajstić information content (AvgIpc) is 3.41. The van der Waals surface area contributed by atoms with E-state index in [4.69, 9.17) is 10.2 Å². The van der Waals surface area contributed by atoms with Gasteiger partial charge in [0, 0.05) is 24.6 Å². The number of amidine groups is 1. The molecule has 0 spiro atoms. The highest BCUT2D eigenvalue weighted by atomic mass is 19.1. The van der Waals surface area contributed by atoms with Crippen molar-refractivity contribution in [1.29, 1.82) is 0 Å². The van der Waals surface area contributed by atoms with Gasteiger partial charge < -0.3 is 10.2 Å². The number of nitrogen functional groups attached to an aromatic ring is 1. The summed E-state index contributed by atoms with van der Waals surface area (Å²) < 4.78 is 34.5. The number of anilines is 1. The standard InChI is InChI=1S/C24H20F2N4O2/c25-17-8-2-1-5-14(17)11-19-23-29-20(12-15-6-4-10-32-15)24(31)30(23)21(13-28-19)16-7-3-9-18(27)22(16)26/h1-10,13,19-21H,11-12,27H2. The average molecular weight is 434 g/mol. The van der Waals surface area contributed by atoms with Crippen molar-refractivity contribution in [3.05, 3.63) is 89.4 Å². The normalized spacial score (nSPS) is 22.2. The molecule has 3 heterocycles. The van der Waals surface area contributed by atoms with E-state index in [0.29, 0.717) is 17.2 Å². The van der Waals surface area contributed by atoms with Crippen LogP contribution in [0, 0.1) is 11.6 Å². The molecule has 0 fully saturated rings. The molecule has 0 saturated carbocycles. The zero-order chi connectivity index (χ0) is 22.2. The molecule has 2 aliphatic heterocycles. The first-order chi connectivity index (χ1) is 15.5. The van der Waals surface area contributed by atoms with Crippen LogP contribution in [0.2, 0.25) is 0 Å². The fourth-order valence-electron chi connectivity index (χ4n) is 4.18. The molecule has 8 heteroatoms. The predicted molar refractivity (Wildman–Crippen MR) is 116 cm³/mol. The fraction of sp³-hybridized carbons (Fsp3) is 0.208. The van der Waals surface area contributed by atoms with Crippen molar-refractivity contribution in [3.63, 3.8) is 0 Å². The second-order valence-corrected chi connectivity index (χ2v) is 7.80. The van der Waals surface area contributed by atoms with Crippen LogP contribution in [0.15, 0.2) is 75.3 Å². The Labute approximate surface area is 183 Å². The third kappa shape index (κ3) is 3.47. The Morgan fingerprint density at radius 3 is 2.62 bits per heavy atom. The highest BCUT2D eigenvalue weighted by molar-refractivity contribution is 6.12. The van der Waals surface area contributed by atoms with E-state index in [0.717, 1.165) is 0 Å². The molecule has 0 aliphatic carbocycles. The number of hydrogen-bond acceptors (Lipinski definition) is 5. The molecule has 1 amide bonds. The van der Waals surface area contributed by atoms with E-state index in [-0.39, 0.29) is 35.8 Å². The summed E-state index contributed by atoms with van der Waals surface area (Å²) in [5.41, 5.74) is 6.44. The summed E-state index contributed by atoms with van der Waals surface area (Å²) in [6.45, 7) is 0. The van der Waals surface area contributed by atoms with Gasteiger partial charge in [0.05, 0.1) is 12.0 Å². The minimum absolute atomic E-state index is 0.0124. The summed E-state index contributed by atoms with van der Waals surface area (Å²) >= 11 is 0. The molecule has 3 aromatic rings. The molecule has 3 atom stereocenters. The van der Waals surface area contributed by atoms with Crippen LogP contribution < -0.4 is 5.73 Å². The van der Waals surface area contributed by atoms with Gasteiger partial charge in [-0.1, -0.05) is 30.3 Å². The molecule has 0 bridgehead atoms. The van der Waals surface area contributed by atoms with Gasteiger partial charge in [-0.05, 0) is 29.8 Å². The van der Waals surface area contributed by atoms with E-state index in [1.54, 1.807) is 42.5 Å². The monoisotopic (exact) mass is 434 g/mol. The van der Waals surface area contributed by atoms with Crippen molar-refractivity contribution >= 4 is 23.6 Å². The summed E-state index contributed by atoms with van der Waals surface area (Å²) in [6.07, 6.45) is 3.55. The molecular weight excluding hydrogens is 414 g/mol. The van der Waals surface area contributed by atoms with Crippen molar-refractivity contribution in [2.24, 2.45) is 9.98 Å². The maximum absolute atomic E-state index is 14.8. The second kappa shape index (κ2) is 8.03. The van der Waals surface area contributed by atoms with Crippen molar-refractivity contribution in [3.8, 4) is 0 Å². The zero-order valence-electron chi connectivity index (χ0n) is 17.0. The third-order valence-corrected chi connectivity index (χ3v) is 5.76. The molecule has 6 nitrogen and oxygen atoms in total. The van der Waals surface area contributed by atoms with Gasteiger partial charge in [-0.3, -0.25) is 19.7 Å². The summed E-state index contributed by atoms with van der Waals surface area (Å²) in [7, 11) is 0. The van der Waals surface area contributed by atoms with Gasteiger partial charge in [0.2, 0.25) is 0 Å². The largest absolute Gasteiger partial charge is 0.469 e. The van der Waals surface area contributed by atoms with E-state index in [1.807, 2.05) is 0 Å². The van der Waals surface area contributed by atoms with Crippen LogP contribution in [0.5, 0.6) is 0 Å². The summed E-state index contributed by atoms with van der Waals surface area (Å²) in [5, 5.41) is 0. The van der Waals surface area contributed by atoms with Crippen LogP contribution in [0.1, 0.15) is 22.9 Å². The number of nitrogens with zero attached hydrogens (tertiary/aromatic N) is 3. The van der Waals surface area contributed by atoms with E-state index in [2.05, 4.69) is 9.98 Å². The number of benzene rings is 2. The van der Waals surface area contributed by atoms with E-state index in [1.165, 1.54) is 29.5 Å². The van der Waals surface area contributed by atoms with Crippen molar-refractivity contribution in [2.45, 2.75) is 31.0 Å². The maximum atomic E-state index is 14.8. The lowest BCUT2D eigenvalue weighted by atomic mass is 9.98. The molecule has 2 aromatic carbocycles. The highest BCUT2D eigenvalue weighted by Crippen LogP contribution is 2.34. The lowest BCUT2D eigenvalue weighted by Crippen LogP contribution is -2.47.